The van der Waals surface area contributed by atoms with Gasteiger partial charge < -0.3 is 5.32 Å². The van der Waals surface area contributed by atoms with Crippen LogP contribution >= 0.6 is 11.3 Å². The predicted octanol–water partition coefficient (Wildman–Crippen LogP) is 3.28. The molecule has 1 aromatic carbocycles. The van der Waals surface area contributed by atoms with Crippen molar-refractivity contribution in [1.29, 1.82) is 0 Å². The smallest absolute Gasteiger partial charge is 0.234 e. The molecule has 0 saturated heterocycles. The van der Waals surface area contributed by atoms with Crippen LogP contribution in [0.4, 0.5) is 0 Å². The van der Waals surface area contributed by atoms with E-state index in [1.54, 1.807) is 0 Å². The van der Waals surface area contributed by atoms with Crippen LogP contribution in [-0.2, 0) is 30.8 Å². The molecule has 146 valence electrons. The van der Waals surface area contributed by atoms with E-state index in [4.69, 9.17) is 0 Å². The maximum atomic E-state index is 12.5. The van der Waals surface area contributed by atoms with Crippen molar-refractivity contribution in [1.82, 2.24) is 20.0 Å². The number of nitrogens with one attached hydrogen (secondary N) is 1. The fourth-order valence-corrected chi connectivity index (χ4v) is 4.68. The van der Waals surface area contributed by atoms with Gasteiger partial charge in [-0.1, -0.05) is 30.3 Å². The van der Waals surface area contributed by atoms with Crippen LogP contribution in [0.15, 0.2) is 41.8 Å². The summed E-state index contributed by atoms with van der Waals surface area (Å²) in [5.41, 5.74) is 5.81. The molecular weight excluding hydrogens is 368 g/mol. The molecule has 1 amide bonds. The Morgan fingerprint density at radius 1 is 1.21 bits per heavy atom. The van der Waals surface area contributed by atoms with Gasteiger partial charge in [-0.15, -0.1) is 11.3 Å². The van der Waals surface area contributed by atoms with Gasteiger partial charge in [-0.25, -0.2) is 0 Å². The molecule has 1 aliphatic rings. The minimum absolute atomic E-state index is 0.0771. The van der Waals surface area contributed by atoms with Crippen LogP contribution in [0.3, 0.4) is 0 Å². The zero-order chi connectivity index (χ0) is 19.5. The second-order valence-corrected chi connectivity index (χ2v) is 8.40. The Morgan fingerprint density at radius 3 is 2.86 bits per heavy atom. The molecule has 28 heavy (non-hydrogen) atoms. The highest BCUT2D eigenvalue weighted by molar-refractivity contribution is 7.10. The number of aryl methyl sites for hydroxylation is 1. The minimum atomic E-state index is 0.0771. The van der Waals surface area contributed by atoms with Gasteiger partial charge in [-0.2, -0.15) is 5.10 Å². The van der Waals surface area contributed by atoms with Crippen LogP contribution in [0.5, 0.6) is 0 Å². The number of nitrogens with zero attached hydrogens (tertiary/aromatic N) is 3. The molecule has 0 spiro atoms. The molecule has 2 aromatic heterocycles. The Hall–Kier alpha value is -2.44. The average Bonchev–Trinajstić information content (AvgIpc) is 3.25. The van der Waals surface area contributed by atoms with Gasteiger partial charge in [0.2, 0.25) is 5.91 Å². The Balaban J connectivity index is 1.34. The molecule has 4 rings (SSSR count). The lowest BCUT2D eigenvalue weighted by molar-refractivity contribution is -0.122. The number of thiophene rings is 1. The molecule has 0 aliphatic carbocycles. The van der Waals surface area contributed by atoms with Gasteiger partial charge >= 0.3 is 0 Å². The van der Waals surface area contributed by atoms with Gasteiger partial charge in [0.05, 0.1) is 18.8 Å². The van der Waals surface area contributed by atoms with Crippen molar-refractivity contribution in [3.8, 4) is 0 Å². The molecule has 0 radical (unpaired) electrons. The van der Waals surface area contributed by atoms with E-state index in [1.165, 1.54) is 16.0 Å². The summed E-state index contributed by atoms with van der Waals surface area (Å²) in [6.07, 6.45) is 1.05. The van der Waals surface area contributed by atoms with Gasteiger partial charge in [0.1, 0.15) is 0 Å². The van der Waals surface area contributed by atoms with E-state index in [0.29, 0.717) is 13.1 Å². The summed E-state index contributed by atoms with van der Waals surface area (Å²) in [5, 5.41) is 9.91. The number of fused-ring (bicyclic) bond motifs is 1. The lowest BCUT2D eigenvalue weighted by atomic mass is 10.1. The molecule has 0 fully saturated rings. The number of amides is 1. The summed E-state index contributed by atoms with van der Waals surface area (Å²) in [6, 6.07) is 12.5. The maximum absolute atomic E-state index is 12.5. The summed E-state index contributed by atoms with van der Waals surface area (Å²) in [4.78, 5) is 16.2. The first-order valence-corrected chi connectivity index (χ1v) is 10.6. The molecule has 3 aromatic rings. The van der Waals surface area contributed by atoms with E-state index < -0.39 is 0 Å². The largest absolute Gasteiger partial charge is 0.351 e. The molecule has 5 nitrogen and oxygen atoms in total. The van der Waals surface area contributed by atoms with Crippen molar-refractivity contribution in [2.45, 2.75) is 39.9 Å². The van der Waals surface area contributed by atoms with Crippen LogP contribution in [0.2, 0.25) is 0 Å². The van der Waals surface area contributed by atoms with E-state index in [2.05, 4.69) is 45.8 Å². The molecule has 6 heteroatoms. The van der Waals surface area contributed by atoms with Crippen molar-refractivity contribution < 1.29 is 4.79 Å². The second kappa shape index (κ2) is 8.29. The summed E-state index contributed by atoms with van der Waals surface area (Å²) in [7, 11) is 0. The molecule has 0 bridgehead atoms. The van der Waals surface area contributed by atoms with Crippen LogP contribution < -0.4 is 5.32 Å². The van der Waals surface area contributed by atoms with Crippen LogP contribution in [0, 0.1) is 13.8 Å². The zero-order valence-electron chi connectivity index (χ0n) is 16.4. The molecule has 0 unspecified atom stereocenters. The van der Waals surface area contributed by atoms with Crippen molar-refractivity contribution >= 4 is 17.2 Å². The summed E-state index contributed by atoms with van der Waals surface area (Å²) in [6.45, 7) is 7.64. The maximum Gasteiger partial charge on any atom is 0.234 e. The molecular formula is C22H26N4OS. The topological polar surface area (TPSA) is 50.2 Å². The van der Waals surface area contributed by atoms with Gasteiger partial charge in [0.15, 0.2) is 0 Å². The summed E-state index contributed by atoms with van der Waals surface area (Å²) >= 11 is 1.82. The minimum Gasteiger partial charge on any atom is -0.351 e. The quantitative estimate of drug-likeness (QED) is 0.698. The number of benzene rings is 1. The van der Waals surface area contributed by atoms with Gasteiger partial charge in [0, 0.05) is 35.8 Å². The first-order valence-electron chi connectivity index (χ1n) is 9.71. The highest BCUT2D eigenvalue weighted by atomic mass is 32.1. The van der Waals surface area contributed by atoms with Crippen molar-refractivity contribution in [3.63, 3.8) is 0 Å². The Kier molecular flexibility index (Phi) is 5.59. The van der Waals surface area contributed by atoms with Crippen LogP contribution in [-0.4, -0.2) is 33.7 Å². The third-order valence-electron chi connectivity index (χ3n) is 5.42. The summed E-state index contributed by atoms with van der Waals surface area (Å²) < 4.78 is 2.02. The number of aromatic nitrogens is 2. The fraction of sp³-hybridized carbons (Fsp3) is 0.364. The Morgan fingerprint density at radius 2 is 2.04 bits per heavy atom. The van der Waals surface area contributed by atoms with E-state index >= 15 is 0 Å². The number of carbonyl (C=O) groups excluding carboxylic acids is 1. The lowest BCUT2D eigenvalue weighted by Crippen LogP contribution is -2.39. The van der Waals surface area contributed by atoms with E-state index in [9.17, 15) is 4.79 Å². The monoisotopic (exact) mass is 394 g/mol. The second-order valence-electron chi connectivity index (χ2n) is 7.40. The van der Waals surface area contributed by atoms with Crippen LogP contribution in [0.25, 0.3) is 0 Å². The average molecular weight is 395 g/mol. The van der Waals surface area contributed by atoms with E-state index in [0.717, 1.165) is 43.0 Å². The predicted molar refractivity (Wildman–Crippen MR) is 112 cm³/mol. The highest BCUT2D eigenvalue weighted by Crippen LogP contribution is 2.23. The fourth-order valence-electron chi connectivity index (χ4n) is 3.79. The number of hydrogen-bond acceptors (Lipinski definition) is 4. The highest BCUT2D eigenvalue weighted by Gasteiger charge is 2.19. The molecule has 3 heterocycles. The molecule has 0 saturated carbocycles. The standard InChI is InChI=1S/C22H26N4OS/c1-16-20(17(2)26(24-16)13-18-6-4-3-5-7-18)12-23-22(27)15-25-10-8-21-19(14-25)9-11-28-21/h3-7,9,11H,8,10,12-15H2,1-2H3,(H,23,27). The number of rotatable bonds is 6. The third kappa shape index (κ3) is 4.18. The Labute approximate surface area is 170 Å². The first kappa shape index (κ1) is 18.9. The van der Waals surface area contributed by atoms with E-state index in [-0.39, 0.29) is 5.91 Å². The van der Waals surface area contributed by atoms with E-state index in [1.807, 2.05) is 41.1 Å². The number of hydrogen-bond donors (Lipinski definition) is 1. The van der Waals surface area contributed by atoms with Gasteiger partial charge in [0.25, 0.3) is 0 Å². The van der Waals surface area contributed by atoms with Gasteiger partial charge in [-0.05, 0) is 42.8 Å². The number of carbonyl (C=O) groups is 1. The van der Waals surface area contributed by atoms with Crippen molar-refractivity contribution in [3.05, 3.63) is 74.7 Å². The molecule has 1 aliphatic heterocycles. The molecule has 1 N–H and O–H groups in total. The third-order valence-corrected chi connectivity index (χ3v) is 6.45. The lowest BCUT2D eigenvalue weighted by Gasteiger charge is -2.26. The SMILES string of the molecule is Cc1nn(Cc2ccccc2)c(C)c1CNC(=O)CN1CCc2sccc2C1. The molecule has 0 atom stereocenters. The first-order chi connectivity index (χ1) is 13.6. The summed E-state index contributed by atoms with van der Waals surface area (Å²) in [5.74, 6) is 0.0771. The van der Waals surface area contributed by atoms with Crippen LogP contribution in [0.1, 0.15) is 33.0 Å². The Bertz CT molecular complexity index is 960. The van der Waals surface area contributed by atoms with Crippen molar-refractivity contribution in [2.24, 2.45) is 0 Å². The zero-order valence-corrected chi connectivity index (χ0v) is 17.3. The van der Waals surface area contributed by atoms with Gasteiger partial charge in [-0.3, -0.25) is 14.4 Å². The van der Waals surface area contributed by atoms with Crippen molar-refractivity contribution in [2.75, 3.05) is 13.1 Å². The normalized spacial score (nSPS) is 14.1.